The van der Waals surface area contributed by atoms with E-state index < -0.39 is 0 Å². The quantitative estimate of drug-likeness (QED) is 0.376. The zero-order valence-electron chi connectivity index (χ0n) is 20.2. The number of amides is 1. The lowest BCUT2D eigenvalue weighted by atomic mass is 10.2. The molecule has 0 bridgehead atoms. The number of fused-ring (bicyclic) bond motifs is 1. The maximum Gasteiger partial charge on any atom is 0.272 e. The Labute approximate surface area is 210 Å². The average molecular weight is 483 g/mol. The molecule has 1 saturated heterocycles. The van der Waals surface area contributed by atoms with Gasteiger partial charge in [0, 0.05) is 49.5 Å². The molecule has 1 aliphatic carbocycles. The summed E-state index contributed by atoms with van der Waals surface area (Å²) in [7, 11) is 0. The molecule has 1 amide bonds. The Kier molecular flexibility index (Phi) is 6.21. The molecule has 9 nitrogen and oxygen atoms in total. The molecule has 184 valence electrons. The van der Waals surface area contributed by atoms with Gasteiger partial charge in [0.2, 0.25) is 5.95 Å². The van der Waals surface area contributed by atoms with Crippen molar-refractivity contribution in [3.8, 4) is 0 Å². The number of hydrogen-bond acceptors (Lipinski definition) is 7. The Bertz CT molecular complexity index is 1340. The number of anilines is 4. The third-order valence-corrected chi connectivity index (χ3v) is 7.00. The first-order chi connectivity index (χ1) is 17.7. The Balaban J connectivity index is 1.28. The van der Waals surface area contributed by atoms with E-state index in [2.05, 4.69) is 41.5 Å². The van der Waals surface area contributed by atoms with E-state index in [4.69, 9.17) is 4.98 Å². The van der Waals surface area contributed by atoms with Crippen molar-refractivity contribution in [3.05, 3.63) is 66.6 Å². The van der Waals surface area contributed by atoms with E-state index in [1.54, 1.807) is 6.20 Å². The highest BCUT2D eigenvalue weighted by molar-refractivity contribution is 6.06. The molecule has 4 aromatic rings. The van der Waals surface area contributed by atoms with Gasteiger partial charge in [-0.25, -0.2) is 9.97 Å². The zero-order valence-corrected chi connectivity index (χ0v) is 20.2. The third kappa shape index (κ3) is 4.61. The molecular formula is C27H30N8O. The Morgan fingerprint density at radius 3 is 2.53 bits per heavy atom. The second kappa shape index (κ2) is 9.94. The first-order valence-electron chi connectivity index (χ1n) is 12.7. The molecule has 4 heterocycles. The van der Waals surface area contributed by atoms with Gasteiger partial charge in [0.1, 0.15) is 17.2 Å². The lowest BCUT2D eigenvalue weighted by Gasteiger charge is -2.29. The molecule has 36 heavy (non-hydrogen) atoms. The van der Waals surface area contributed by atoms with Crippen molar-refractivity contribution < 1.29 is 4.79 Å². The molecule has 3 aromatic heterocycles. The van der Waals surface area contributed by atoms with Crippen LogP contribution in [-0.2, 0) is 0 Å². The minimum Gasteiger partial charge on any atom is -0.368 e. The molecule has 0 radical (unpaired) electrons. The number of rotatable bonds is 6. The predicted molar refractivity (Wildman–Crippen MR) is 142 cm³/mol. The van der Waals surface area contributed by atoms with Crippen LogP contribution in [0.25, 0.3) is 11.0 Å². The number of aromatic nitrogens is 4. The number of pyridine rings is 1. The van der Waals surface area contributed by atoms with Crippen LogP contribution in [0.15, 0.2) is 60.9 Å². The summed E-state index contributed by atoms with van der Waals surface area (Å²) in [5.41, 5.74) is 3.28. The molecule has 9 heteroatoms. The van der Waals surface area contributed by atoms with Crippen molar-refractivity contribution in [2.45, 2.75) is 31.7 Å². The lowest BCUT2D eigenvalue weighted by molar-refractivity contribution is 0.101. The first-order valence-corrected chi connectivity index (χ1v) is 12.7. The van der Waals surface area contributed by atoms with Gasteiger partial charge < -0.3 is 25.4 Å². The molecule has 3 N–H and O–H groups in total. The summed E-state index contributed by atoms with van der Waals surface area (Å²) in [6.07, 6.45) is 8.06. The molecule has 0 atom stereocenters. The minimum absolute atomic E-state index is 0.134. The topological polar surface area (TPSA) is 100 Å². The first kappa shape index (κ1) is 22.5. The van der Waals surface area contributed by atoms with Gasteiger partial charge >= 0.3 is 0 Å². The number of nitrogens with one attached hydrogen (secondary N) is 3. The van der Waals surface area contributed by atoms with Crippen LogP contribution in [0.2, 0.25) is 0 Å². The Hall–Kier alpha value is -3.98. The van der Waals surface area contributed by atoms with Crippen LogP contribution in [0.5, 0.6) is 0 Å². The highest BCUT2D eigenvalue weighted by atomic mass is 16.2. The van der Waals surface area contributed by atoms with Gasteiger partial charge in [-0.1, -0.05) is 31.0 Å². The van der Waals surface area contributed by atoms with Crippen LogP contribution in [-0.4, -0.2) is 51.6 Å². The van der Waals surface area contributed by atoms with Gasteiger partial charge in [-0.15, -0.1) is 0 Å². The smallest absolute Gasteiger partial charge is 0.272 e. The highest BCUT2D eigenvalue weighted by Gasteiger charge is 2.26. The van der Waals surface area contributed by atoms with Crippen molar-refractivity contribution in [3.63, 3.8) is 0 Å². The van der Waals surface area contributed by atoms with Crippen molar-refractivity contribution in [2.75, 3.05) is 41.7 Å². The van der Waals surface area contributed by atoms with E-state index >= 15 is 0 Å². The van der Waals surface area contributed by atoms with E-state index in [1.165, 1.54) is 0 Å². The standard InChI is InChI=1S/C27H30N8O/c36-26(31-20-6-2-1-3-7-20)23-16-19-17-30-27(33-25(19)35(23)21-8-4-5-9-21)32-24-11-10-22(18-29-24)34-14-12-28-13-15-34/h1-3,6-7,10-11,16-18,21,28H,4-5,8-9,12-15H2,(H,31,36)(H,29,30,32,33). The van der Waals surface area contributed by atoms with Crippen LogP contribution >= 0.6 is 0 Å². The number of para-hydroxylation sites is 1. The summed E-state index contributed by atoms with van der Waals surface area (Å²) < 4.78 is 2.11. The molecule has 2 aliphatic rings. The van der Waals surface area contributed by atoms with Crippen molar-refractivity contribution in [2.24, 2.45) is 0 Å². The van der Waals surface area contributed by atoms with Gasteiger partial charge in [0.15, 0.2) is 0 Å². The maximum atomic E-state index is 13.3. The van der Waals surface area contributed by atoms with Gasteiger partial charge in [-0.05, 0) is 43.2 Å². The number of piperazine rings is 1. The molecule has 1 aliphatic heterocycles. The maximum absolute atomic E-state index is 13.3. The van der Waals surface area contributed by atoms with Crippen LogP contribution in [0.3, 0.4) is 0 Å². The Morgan fingerprint density at radius 1 is 0.972 bits per heavy atom. The fraction of sp³-hybridized carbons (Fsp3) is 0.333. The molecule has 6 rings (SSSR count). The largest absolute Gasteiger partial charge is 0.368 e. The number of nitrogens with zero attached hydrogens (tertiary/aromatic N) is 5. The van der Waals surface area contributed by atoms with E-state index in [0.717, 1.165) is 74.3 Å². The number of benzene rings is 1. The van der Waals surface area contributed by atoms with E-state index in [0.29, 0.717) is 17.5 Å². The molecule has 1 saturated carbocycles. The van der Waals surface area contributed by atoms with Gasteiger partial charge in [-0.2, -0.15) is 4.98 Å². The van der Waals surface area contributed by atoms with E-state index in [9.17, 15) is 4.79 Å². The molecule has 0 unspecified atom stereocenters. The molecule has 1 aromatic carbocycles. The summed E-state index contributed by atoms with van der Waals surface area (Å²) in [5, 5.41) is 10.5. The van der Waals surface area contributed by atoms with Gasteiger partial charge in [-0.3, -0.25) is 4.79 Å². The van der Waals surface area contributed by atoms with Crippen LogP contribution < -0.4 is 20.9 Å². The van der Waals surface area contributed by atoms with Crippen molar-refractivity contribution in [1.29, 1.82) is 0 Å². The lowest BCUT2D eigenvalue weighted by Crippen LogP contribution is -2.43. The van der Waals surface area contributed by atoms with E-state index in [1.807, 2.05) is 48.7 Å². The summed E-state index contributed by atoms with van der Waals surface area (Å²) in [4.78, 5) is 29.5. The number of carbonyl (C=O) groups is 1. The minimum atomic E-state index is -0.134. The highest BCUT2D eigenvalue weighted by Crippen LogP contribution is 2.35. The van der Waals surface area contributed by atoms with Crippen LogP contribution in [0.4, 0.5) is 23.1 Å². The molecule has 2 fully saturated rings. The fourth-order valence-electron chi connectivity index (χ4n) is 5.18. The molecular weight excluding hydrogens is 452 g/mol. The summed E-state index contributed by atoms with van der Waals surface area (Å²) >= 11 is 0. The van der Waals surface area contributed by atoms with Crippen LogP contribution in [0, 0.1) is 0 Å². The second-order valence-corrected chi connectivity index (χ2v) is 9.39. The third-order valence-electron chi connectivity index (χ3n) is 7.00. The van der Waals surface area contributed by atoms with Gasteiger partial charge in [0.25, 0.3) is 5.91 Å². The Morgan fingerprint density at radius 2 is 1.78 bits per heavy atom. The second-order valence-electron chi connectivity index (χ2n) is 9.39. The predicted octanol–water partition coefficient (Wildman–Crippen LogP) is 4.35. The fourth-order valence-corrected chi connectivity index (χ4v) is 5.18. The zero-order chi connectivity index (χ0) is 24.3. The normalized spacial score (nSPS) is 16.4. The van der Waals surface area contributed by atoms with E-state index in [-0.39, 0.29) is 11.9 Å². The van der Waals surface area contributed by atoms with Gasteiger partial charge in [0.05, 0.1) is 11.9 Å². The number of carbonyl (C=O) groups excluding carboxylic acids is 1. The summed E-state index contributed by atoms with van der Waals surface area (Å²) in [6, 6.07) is 15.7. The van der Waals surface area contributed by atoms with Crippen LogP contribution in [0.1, 0.15) is 42.2 Å². The number of hydrogen-bond donors (Lipinski definition) is 3. The average Bonchev–Trinajstić information content (AvgIpc) is 3.58. The van der Waals surface area contributed by atoms with Crippen molar-refractivity contribution >= 4 is 40.1 Å². The molecule has 0 spiro atoms. The summed E-state index contributed by atoms with van der Waals surface area (Å²) in [5.74, 6) is 1.03. The monoisotopic (exact) mass is 482 g/mol. The SMILES string of the molecule is O=C(Nc1ccccc1)c1cc2cnc(Nc3ccc(N4CCNCC4)cn3)nc2n1C1CCCC1. The van der Waals surface area contributed by atoms with Crippen molar-refractivity contribution in [1.82, 2.24) is 24.8 Å². The summed E-state index contributed by atoms with van der Waals surface area (Å²) in [6.45, 7) is 3.93.